The fraction of sp³-hybridized carbons (Fsp3) is 0.458. The number of aromatic hydroxyl groups is 1. The van der Waals surface area contributed by atoms with E-state index in [0.717, 1.165) is 32.4 Å². The lowest BCUT2D eigenvalue weighted by Gasteiger charge is -2.32. The molecule has 4 nitrogen and oxygen atoms in total. The van der Waals surface area contributed by atoms with Crippen molar-refractivity contribution in [2.45, 2.75) is 50.5 Å². The maximum Gasteiger partial charge on any atom is 0.224 e. The molecule has 1 heterocycles. The molecule has 1 saturated heterocycles. The topological polar surface area (TPSA) is 66.6 Å². The molecule has 28 heavy (non-hydrogen) atoms. The van der Waals surface area contributed by atoms with Gasteiger partial charge in [0.05, 0.1) is 5.41 Å². The Bertz CT molecular complexity index is 829. The number of nitrogens with zero attached hydrogens (tertiary/aromatic N) is 1. The first-order chi connectivity index (χ1) is 13.4. The second-order valence-electron chi connectivity index (χ2n) is 8.79. The maximum absolute atomic E-state index is 12.7. The lowest BCUT2D eigenvalue weighted by atomic mass is 9.81. The van der Waals surface area contributed by atoms with Crippen molar-refractivity contribution in [1.82, 2.24) is 4.90 Å². The van der Waals surface area contributed by atoms with Crippen LogP contribution in [0.1, 0.15) is 43.7 Å². The van der Waals surface area contributed by atoms with Gasteiger partial charge >= 0.3 is 0 Å². The van der Waals surface area contributed by atoms with Gasteiger partial charge in [-0.15, -0.1) is 0 Å². The van der Waals surface area contributed by atoms with E-state index in [0.29, 0.717) is 0 Å². The van der Waals surface area contributed by atoms with E-state index in [4.69, 9.17) is 5.73 Å². The van der Waals surface area contributed by atoms with Gasteiger partial charge in [-0.3, -0.25) is 4.79 Å². The van der Waals surface area contributed by atoms with E-state index in [1.165, 1.54) is 24.0 Å². The molecule has 1 aliphatic carbocycles. The van der Waals surface area contributed by atoms with Crippen LogP contribution in [0.3, 0.4) is 0 Å². The highest BCUT2D eigenvalue weighted by Crippen LogP contribution is 2.67. The van der Waals surface area contributed by atoms with E-state index in [9.17, 15) is 9.90 Å². The molecule has 1 aliphatic heterocycles. The third kappa shape index (κ3) is 3.30. The van der Waals surface area contributed by atoms with Gasteiger partial charge in [0.15, 0.2) is 0 Å². The maximum atomic E-state index is 12.7. The highest BCUT2D eigenvalue weighted by Gasteiger charge is 2.69. The van der Waals surface area contributed by atoms with Crippen molar-refractivity contribution in [1.29, 1.82) is 0 Å². The van der Waals surface area contributed by atoms with Gasteiger partial charge in [0.25, 0.3) is 0 Å². The molecule has 0 spiro atoms. The lowest BCUT2D eigenvalue weighted by molar-refractivity contribution is -0.124. The summed E-state index contributed by atoms with van der Waals surface area (Å²) in [6.45, 7) is 4.36. The molecule has 3 atom stereocenters. The number of amides is 1. The molecule has 2 aliphatic rings. The van der Waals surface area contributed by atoms with Crippen molar-refractivity contribution in [3.8, 4) is 5.75 Å². The van der Waals surface area contributed by atoms with Crippen molar-refractivity contribution in [3.63, 3.8) is 0 Å². The summed E-state index contributed by atoms with van der Waals surface area (Å²) in [7, 11) is 0. The molecule has 4 heteroatoms. The Hall–Kier alpha value is -2.33. The van der Waals surface area contributed by atoms with E-state index >= 15 is 0 Å². The number of phenolic OH excluding ortho intramolecular Hbond substituents is 1. The average Bonchev–Trinajstić information content (AvgIpc) is 3.06. The molecule has 2 aromatic rings. The van der Waals surface area contributed by atoms with Crippen LogP contribution in [-0.2, 0) is 16.6 Å². The highest BCUT2D eigenvalue weighted by molar-refractivity contribution is 5.87. The zero-order valence-electron chi connectivity index (χ0n) is 16.6. The van der Waals surface area contributed by atoms with E-state index in [1.807, 2.05) is 30.3 Å². The van der Waals surface area contributed by atoms with Crippen LogP contribution in [-0.4, -0.2) is 35.0 Å². The Labute approximate surface area is 167 Å². The predicted molar refractivity (Wildman–Crippen MR) is 111 cm³/mol. The average molecular weight is 379 g/mol. The Morgan fingerprint density at radius 2 is 1.75 bits per heavy atom. The summed E-state index contributed by atoms with van der Waals surface area (Å²) in [5, 5.41) is 9.59. The number of hydrogen-bond acceptors (Lipinski definition) is 3. The Balaban J connectivity index is 1.61. The molecule has 3 N–H and O–H groups in total. The zero-order chi connectivity index (χ0) is 19.8. The van der Waals surface area contributed by atoms with Gasteiger partial charge in [0, 0.05) is 11.5 Å². The van der Waals surface area contributed by atoms with Gasteiger partial charge in [0.1, 0.15) is 5.75 Å². The summed E-state index contributed by atoms with van der Waals surface area (Å²) in [5.74, 6) is 0.114. The largest absolute Gasteiger partial charge is 0.508 e. The predicted octanol–water partition coefficient (Wildman–Crippen LogP) is 3.62. The Morgan fingerprint density at radius 3 is 2.36 bits per heavy atom. The van der Waals surface area contributed by atoms with Crippen LogP contribution in [0, 0.1) is 5.41 Å². The summed E-state index contributed by atoms with van der Waals surface area (Å²) in [5.41, 5.74) is 7.74. The summed E-state index contributed by atoms with van der Waals surface area (Å²) in [4.78, 5) is 15.2. The van der Waals surface area contributed by atoms with Crippen LogP contribution in [0.25, 0.3) is 0 Å². The first-order valence-electron chi connectivity index (χ1n) is 10.3. The van der Waals surface area contributed by atoms with E-state index < -0.39 is 5.41 Å². The molecular weight excluding hydrogens is 348 g/mol. The number of hydrogen-bond donors (Lipinski definition) is 2. The van der Waals surface area contributed by atoms with Crippen LogP contribution in [0.4, 0.5) is 0 Å². The van der Waals surface area contributed by atoms with Crippen LogP contribution < -0.4 is 5.73 Å². The second kappa shape index (κ2) is 7.25. The SMILES string of the molecule is CC1(c2ccccc2)CC1(C[C@H](Cc1ccc(O)cc1)N1CCCC1)C(N)=O. The number of benzene rings is 2. The molecule has 0 bridgehead atoms. The van der Waals surface area contributed by atoms with Crippen molar-refractivity contribution in [2.24, 2.45) is 11.1 Å². The van der Waals surface area contributed by atoms with E-state index in [2.05, 4.69) is 24.0 Å². The van der Waals surface area contributed by atoms with E-state index in [-0.39, 0.29) is 23.1 Å². The minimum atomic E-state index is -0.488. The molecule has 1 amide bonds. The molecule has 2 fully saturated rings. The fourth-order valence-corrected chi connectivity index (χ4v) is 5.24. The number of likely N-dealkylation sites (tertiary alicyclic amines) is 1. The highest BCUT2D eigenvalue weighted by atomic mass is 16.3. The molecule has 0 aromatic heterocycles. The fourth-order valence-electron chi connectivity index (χ4n) is 5.24. The minimum absolute atomic E-state index is 0.172. The third-order valence-corrected chi connectivity index (χ3v) is 7.12. The van der Waals surface area contributed by atoms with Crippen molar-refractivity contribution < 1.29 is 9.90 Å². The number of primary amides is 1. The van der Waals surface area contributed by atoms with Crippen LogP contribution in [0.15, 0.2) is 54.6 Å². The van der Waals surface area contributed by atoms with Crippen molar-refractivity contribution in [2.75, 3.05) is 13.1 Å². The van der Waals surface area contributed by atoms with Crippen LogP contribution in [0.5, 0.6) is 5.75 Å². The summed E-state index contributed by atoms with van der Waals surface area (Å²) >= 11 is 0. The first kappa shape index (κ1) is 19.0. The van der Waals surface area contributed by atoms with Gasteiger partial charge in [-0.1, -0.05) is 49.4 Å². The van der Waals surface area contributed by atoms with Crippen LogP contribution in [0.2, 0.25) is 0 Å². The number of nitrogens with two attached hydrogens (primary N) is 1. The molecule has 1 saturated carbocycles. The molecule has 2 unspecified atom stereocenters. The first-order valence-corrected chi connectivity index (χ1v) is 10.3. The van der Waals surface area contributed by atoms with Gasteiger partial charge in [0.2, 0.25) is 5.91 Å². The number of carbonyl (C=O) groups excluding carboxylic acids is 1. The number of phenols is 1. The normalized spacial score (nSPS) is 28.2. The number of rotatable bonds is 7. The quantitative estimate of drug-likeness (QED) is 0.773. The molecule has 148 valence electrons. The molecule has 4 rings (SSSR count). The van der Waals surface area contributed by atoms with Crippen molar-refractivity contribution in [3.05, 3.63) is 65.7 Å². The van der Waals surface area contributed by atoms with Gasteiger partial charge < -0.3 is 15.7 Å². The van der Waals surface area contributed by atoms with Gasteiger partial charge in [-0.05, 0) is 68.5 Å². The molecule has 2 aromatic carbocycles. The van der Waals surface area contributed by atoms with Gasteiger partial charge in [-0.25, -0.2) is 0 Å². The molecular formula is C24H30N2O2. The lowest BCUT2D eigenvalue weighted by Crippen LogP contribution is -2.42. The second-order valence-corrected chi connectivity index (χ2v) is 8.79. The minimum Gasteiger partial charge on any atom is -0.508 e. The summed E-state index contributed by atoms with van der Waals surface area (Å²) < 4.78 is 0. The van der Waals surface area contributed by atoms with Crippen LogP contribution >= 0.6 is 0 Å². The smallest absolute Gasteiger partial charge is 0.224 e. The standard InChI is InChI=1S/C24H30N2O2/c1-23(19-7-3-2-4-8-19)17-24(23,22(25)28)16-20(26-13-5-6-14-26)15-18-9-11-21(27)12-10-18/h2-4,7-12,20,27H,5-6,13-17H2,1H3,(H2,25,28)/t20-,23?,24?/m0/s1. The summed E-state index contributed by atoms with van der Waals surface area (Å²) in [6, 6.07) is 18.1. The molecule has 0 radical (unpaired) electrons. The van der Waals surface area contributed by atoms with Crippen molar-refractivity contribution >= 4 is 5.91 Å². The number of carbonyl (C=O) groups is 1. The van der Waals surface area contributed by atoms with E-state index in [1.54, 1.807) is 12.1 Å². The Kier molecular flexibility index (Phi) is 4.92. The Morgan fingerprint density at radius 1 is 1.11 bits per heavy atom. The monoisotopic (exact) mass is 378 g/mol. The summed E-state index contributed by atoms with van der Waals surface area (Å²) in [6.07, 6.45) is 4.91. The zero-order valence-corrected chi connectivity index (χ0v) is 16.6. The third-order valence-electron chi connectivity index (χ3n) is 7.12. The van der Waals surface area contributed by atoms with Gasteiger partial charge in [-0.2, -0.15) is 0 Å².